The van der Waals surface area contributed by atoms with Gasteiger partial charge in [0.05, 0.1) is 5.56 Å². The molecular formula is C25H21F3N2O. The molecule has 0 spiro atoms. The van der Waals surface area contributed by atoms with Gasteiger partial charge in [-0.25, -0.2) is 0 Å². The van der Waals surface area contributed by atoms with Crippen molar-refractivity contribution in [1.29, 1.82) is 0 Å². The highest BCUT2D eigenvalue weighted by Crippen LogP contribution is 2.49. The Morgan fingerprint density at radius 1 is 1.06 bits per heavy atom. The summed E-state index contributed by atoms with van der Waals surface area (Å²) >= 11 is 0. The van der Waals surface area contributed by atoms with Crippen molar-refractivity contribution in [3.63, 3.8) is 0 Å². The number of halogens is 3. The number of nitrogens with zero attached hydrogens (tertiary/aromatic N) is 2. The third-order valence-electron chi connectivity index (χ3n) is 6.28. The third kappa shape index (κ3) is 3.82. The smallest absolute Gasteiger partial charge is 0.338 e. The topological polar surface area (TPSA) is 33.2 Å². The van der Waals surface area contributed by atoms with Gasteiger partial charge in [-0.2, -0.15) is 13.2 Å². The summed E-state index contributed by atoms with van der Waals surface area (Å²) in [6, 6.07) is 13.5. The van der Waals surface area contributed by atoms with E-state index in [1.165, 1.54) is 17.7 Å². The quantitative estimate of drug-likeness (QED) is 0.545. The second-order valence-corrected chi connectivity index (χ2v) is 8.24. The largest absolute Gasteiger partial charge is 0.416 e. The molecule has 0 radical (unpaired) electrons. The van der Waals surface area contributed by atoms with E-state index in [0.717, 1.165) is 28.8 Å². The van der Waals surface area contributed by atoms with Crippen molar-refractivity contribution in [2.45, 2.75) is 24.9 Å². The average Bonchev–Trinajstić information content (AvgIpc) is 3.59. The Balaban J connectivity index is 1.28. The number of amides is 1. The molecule has 1 amide bonds. The molecular weight excluding hydrogens is 401 g/mol. The number of benzene rings is 2. The molecule has 3 aromatic rings. The summed E-state index contributed by atoms with van der Waals surface area (Å²) in [4.78, 5) is 19.1. The van der Waals surface area contributed by atoms with Crippen LogP contribution in [0.4, 0.5) is 13.2 Å². The van der Waals surface area contributed by atoms with Crippen LogP contribution in [0.15, 0.2) is 67.0 Å². The van der Waals surface area contributed by atoms with Crippen LogP contribution in [0.25, 0.3) is 16.3 Å². The lowest BCUT2D eigenvalue weighted by molar-refractivity contribution is -0.137. The molecule has 0 N–H and O–H groups in total. The molecule has 2 aliphatic rings. The van der Waals surface area contributed by atoms with Crippen LogP contribution in [0.2, 0.25) is 0 Å². The second-order valence-electron chi connectivity index (χ2n) is 8.24. The minimum atomic E-state index is -4.37. The van der Waals surface area contributed by atoms with Crippen LogP contribution in [-0.2, 0) is 11.0 Å². The number of pyridine rings is 1. The lowest BCUT2D eigenvalue weighted by Crippen LogP contribution is -2.36. The van der Waals surface area contributed by atoms with Crippen LogP contribution >= 0.6 is 0 Å². The van der Waals surface area contributed by atoms with Gasteiger partial charge >= 0.3 is 6.18 Å². The Kier molecular flexibility index (Phi) is 4.80. The van der Waals surface area contributed by atoms with E-state index in [4.69, 9.17) is 0 Å². The highest BCUT2D eigenvalue weighted by Gasteiger charge is 2.46. The highest BCUT2D eigenvalue weighted by molar-refractivity contribution is 5.93. The molecule has 0 bridgehead atoms. The van der Waals surface area contributed by atoms with Crippen molar-refractivity contribution >= 4 is 22.3 Å². The molecule has 31 heavy (non-hydrogen) atoms. The summed E-state index contributed by atoms with van der Waals surface area (Å²) in [5.41, 5.74) is 2.22. The molecule has 158 valence electrons. The van der Waals surface area contributed by atoms with Gasteiger partial charge < -0.3 is 4.90 Å². The number of carbonyl (C=O) groups excluding carboxylic acids is 1. The standard InChI is InChI=1S/C25H21F3N2O/c26-25(27,28)19-6-3-5-17(12-19)21-13-22(21)24(31)30-10-8-16(9-11-30)23-15-29-14-18-4-1-2-7-20(18)23/h1-8,12,14-15,21-22H,9-11,13H2. The fraction of sp³-hybridized carbons (Fsp3) is 0.280. The van der Waals surface area contributed by atoms with Crippen molar-refractivity contribution in [2.75, 3.05) is 13.1 Å². The van der Waals surface area contributed by atoms with E-state index >= 15 is 0 Å². The van der Waals surface area contributed by atoms with Crippen molar-refractivity contribution in [3.05, 3.63) is 83.7 Å². The Bertz CT molecular complexity index is 1180. The first kappa shape index (κ1) is 19.8. The fourth-order valence-corrected chi connectivity index (χ4v) is 4.50. The summed E-state index contributed by atoms with van der Waals surface area (Å²) in [5, 5.41) is 2.23. The first-order chi connectivity index (χ1) is 14.9. The number of fused-ring (bicyclic) bond motifs is 1. The Morgan fingerprint density at radius 2 is 1.90 bits per heavy atom. The van der Waals surface area contributed by atoms with E-state index in [2.05, 4.69) is 17.1 Å². The second kappa shape index (κ2) is 7.52. The van der Waals surface area contributed by atoms with Gasteiger partial charge in [-0.05, 0) is 41.3 Å². The maximum Gasteiger partial charge on any atom is 0.416 e. The van der Waals surface area contributed by atoms with Crippen LogP contribution in [0.5, 0.6) is 0 Å². The van der Waals surface area contributed by atoms with Crippen molar-refractivity contribution in [3.8, 4) is 0 Å². The molecule has 1 aliphatic heterocycles. The Hall–Kier alpha value is -3.15. The molecule has 2 unspecified atom stereocenters. The van der Waals surface area contributed by atoms with Crippen molar-refractivity contribution in [1.82, 2.24) is 9.88 Å². The van der Waals surface area contributed by atoms with Gasteiger partial charge in [0, 0.05) is 42.4 Å². The summed E-state index contributed by atoms with van der Waals surface area (Å²) < 4.78 is 39.0. The molecule has 1 aliphatic carbocycles. The zero-order valence-electron chi connectivity index (χ0n) is 16.8. The van der Waals surface area contributed by atoms with E-state index in [1.807, 2.05) is 35.5 Å². The average molecular weight is 422 g/mol. The molecule has 1 aromatic heterocycles. The van der Waals surface area contributed by atoms with Gasteiger partial charge in [0.2, 0.25) is 5.91 Å². The zero-order valence-corrected chi connectivity index (χ0v) is 16.8. The SMILES string of the molecule is O=C(C1CC1c1cccc(C(F)(F)F)c1)N1CC=C(c2cncc3ccccc23)CC1. The van der Waals surface area contributed by atoms with Gasteiger partial charge in [-0.1, -0.05) is 48.5 Å². The van der Waals surface area contributed by atoms with Crippen molar-refractivity contribution < 1.29 is 18.0 Å². The molecule has 1 saturated carbocycles. The van der Waals surface area contributed by atoms with E-state index in [1.54, 1.807) is 6.07 Å². The predicted octanol–water partition coefficient (Wildman–Crippen LogP) is 5.67. The van der Waals surface area contributed by atoms with Gasteiger partial charge in [0.15, 0.2) is 0 Å². The number of alkyl halides is 3. The van der Waals surface area contributed by atoms with Crippen LogP contribution in [0.3, 0.4) is 0 Å². The maximum absolute atomic E-state index is 13.0. The van der Waals surface area contributed by atoms with Crippen LogP contribution in [0, 0.1) is 5.92 Å². The van der Waals surface area contributed by atoms with Crippen LogP contribution < -0.4 is 0 Å². The Morgan fingerprint density at radius 3 is 2.68 bits per heavy atom. The first-order valence-electron chi connectivity index (χ1n) is 10.4. The van der Waals surface area contributed by atoms with E-state index in [0.29, 0.717) is 25.1 Å². The van der Waals surface area contributed by atoms with E-state index in [-0.39, 0.29) is 17.7 Å². The van der Waals surface area contributed by atoms with Crippen LogP contribution in [-0.4, -0.2) is 28.9 Å². The summed E-state index contributed by atoms with van der Waals surface area (Å²) in [6.07, 6.45) is 2.78. The molecule has 5 rings (SSSR count). The molecule has 3 nitrogen and oxygen atoms in total. The maximum atomic E-state index is 13.0. The molecule has 2 heterocycles. The molecule has 1 fully saturated rings. The van der Waals surface area contributed by atoms with Gasteiger partial charge in [0.25, 0.3) is 0 Å². The predicted molar refractivity (Wildman–Crippen MR) is 113 cm³/mol. The summed E-state index contributed by atoms with van der Waals surface area (Å²) in [7, 11) is 0. The summed E-state index contributed by atoms with van der Waals surface area (Å²) in [6.45, 7) is 1.13. The normalized spacial score (nSPS) is 21.1. The Labute approximate surface area is 178 Å². The molecule has 0 saturated heterocycles. The number of carbonyl (C=O) groups is 1. The minimum Gasteiger partial charge on any atom is -0.338 e. The van der Waals surface area contributed by atoms with Gasteiger partial charge in [-0.3, -0.25) is 9.78 Å². The minimum absolute atomic E-state index is 0.0359. The van der Waals surface area contributed by atoms with Crippen molar-refractivity contribution in [2.24, 2.45) is 5.92 Å². The lowest BCUT2D eigenvalue weighted by Gasteiger charge is -2.27. The van der Waals surface area contributed by atoms with Gasteiger partial charge in [-0.15, -0.1) is 0 Å². The number of hydrogen-bond acceptors (Lipinski definition) is 2. The van der Waals surface area contributed by atoms with Crippen LogP contribution in [0.1, 0.15) is 35.4 Å². The fourth-order valence-electron chi connectivity index (χ4n) is 4.50. The number of rotatable bonds is 3. The first-order valence-corrected chi connectivity index (χ1v) is 10.4. The highest BCUT2D eigenvalue weighted by atomic mass is 19.4. The van der Waals surface area contributed by atoms with E-state index in [9.17, 15) is 18.0 Å². The third-order valence-corrected chi connectivity index (χ3v) is 6.28. The van der Waals surface area contributed by atoms with E-state index < -0.39 is 11.7 Å². The summed E-state index contributed by atoms with van der Waals surface area (Å²) in [5.74, 6) is -0.311. The lowest BCUT2D eigenvalue weighted by atomic mass is 9.96. The molecule has 2 atom stereocenters. The number of hydrogen-bond donors (Lipinski definition) is 0. The molecule has 6 heteroatoms. The monoisotopic (exact) mass is 422 g/mol. The number of aromatic nitrogens is 1. The zero-order chi connectivity index (χ0) is 21.6. The van der Waals surface area contributed by atoms with Gasteiger partial charge in [0.1, 0.15) is 0 Å². The molecule has 2 aromatic carbocycles.